The molecule has 4 rings (SSSR count). The van der Waals surface area contributed by atoms with E-state index in [0.717, 1.165) is 42.1 Å². The van der Waals surface area contributed by atoms with Gasteiger partial charge in [0.2, 0.25) is 0 Å². The molecule has 4 heterocycles. The fraction of sp³-hybridized carbons (Fsp3) is 0.588. The number of hydrogen-bond acceptors (Lipinski definition) is 6. The van der Waals surface area contributed by atoms with Crippen LogP contribution in [0.1, 0.15) is 31.1 Å². The van der Waals surface area contributed by atoms with E-state index >= 15 is 0 Å². The number of carbonyl (C=O) groups is 1. The number of piperidine rings is 1. The van der Waals surface area contributed by atoms with Crippen LogP contribution in [-0.4, -0.2) is 34.7 Å². The molecule has 2 aliphatic heterocycles. The lowest BCUT2D eigenvalue weighted by Gasteiger charge is -2.36. The second-order valence-electron chi connectivity index (χ2n) is 6.75. The molecule has 6 nitrogen and oxygen atoms in total. The van der Waals surface area contributed by atoms with Crippen molar-refractivity contribution in [1.29, 1.82) is 0 Å². The summed E-state index contributed by atoms with van der Waals surface area (Å²) in [4.78, 5) is 31.1. The van der Waals surface area contributed by atoms with Gasteiger partial charge < -0.3 is 10.1 Å². The van der Waals surface area contributed by atoms with E-state index in [-0.39, 0.29) is 23.0 Å². The van der Waals surface area contributed by atoms with Gasteiger partial charge in [-0.3, -0.25) is 14.2 Å². The van der Waals surface area contributed by atoms with Crippen LogP contribution in [0.5, 0.6) is 0 Å². The molecular weight excluding hydrogens is 326 g/mol. The maximum atomic E-state index is 12.8. The number of cyclic esters (lactones) is 1. The lowest BCUT2D eigenvalue weighted by molar-refractivity contribution is -0.142. The zero-order valence-corrected chi connectivity index (χ0v) is 14.5. The number of esters is 1. The number of hydrogen-bond donors (Lipinski definition) is 1. The zero-order valence-electron chi connectivity index (χ0n) is 13.7. The Morgan fingerprint density at radius 1 is 1.42 bits per heavy atom. The second kappa shape index (κ2) is 5.97. The molecule has 0 amide bonds. The molecule has 0 saturated carbocycles. The van der Waals surface area contributed by atoms with Crippen LogP contribution in [-0.2, 0) is 22.5 Å². The first kappa shape index (κ1) is 15.8. The van der Waals surface area contributed by atoms with Gasteiger partial charge in [0.15, 0.2) is 0 Å². The Labute approximate surface area is 143 Å². The minimum atomic E-state index is -0.242. The molecule has 1 spiro atoms. The summed E-state index contributed by atoms with van der Waals surface area (Å²) in [6.45, 7) is 4.25. The van der Waals surface area contributed by atoms with E-state index in [9.17, 15) is 9.59 Å². The SMILES string of the molecule is CCc1cc2c(=O)n(CC3OC(=O)CC34CCNCC4)cnc2s1. The van der Waals surface area contributed by atoms with Crippen molar-refractivity contribution in [2.24, 2.45) is 5.41 Å². The third-order valence-corrected chi connectivity index (χ3v) is 6.52. The van der Waals surface area contributed by atoms with Crippen molar-refractivity contribution in [1.82, 2.24) is 14.9 Å². The standard InChI is InChI=1S/C17H21N3O3S/c1-2-11-7-12-15(24-11)19-10-20(16(12)22)9-13-17(8-14(21)23-13)3-5-18-6-4-17/h7,10,13,18H,2-6,8-9H2,1H3. The molecule has 0 bridgehead atoms. The van der Waals surface area contributed by atoms with E-state index in [0.29, 0.717) is 18.4 Å². The quantitative estimate of drug-likeness (QED) is 0.856. The van der Waals surface area contributed by atoms with E-state index < -0.39 is 0 Å². The molecule has 0 aromatic carbocycles. The average molecular weight is 347 g/mol. The Morgan fingerprint density at radius 3 is 2.96 bits per heavy atom. The van der Waals surface area contributed by atoms with Crippen molar-refractivity contribution in [2.45, 2.75) is 45.3 Å². The van der Waals surface area contributed by atoms with Crippen LogP contribution in [0.25, 0.3) is 10.2 Å². The van der Waals surface area contributed by atoms with E-state index in [1.54, 1.807) is 22.2 Å². The Bertz CT molecular complexity index is 835. The summed E-state index contributed by atoms with van der Waals surface area (Å²) in [6.07, 6.45) is 4.53. The van der Waals surface area contributed by atoms with Crippen LogP contribution < -0.4 is 10.9 Å². The van der Waals surface area contributed by atoms with Crippen LogP contribution in [0.15, 0.2) is 17.2 Å². The summed E-state index contributed by atoms with van der Waals surface area (Å²) in [5, 5.41) is 4.00. The highest BCUT2D eigenvalue weighted by molar-refractivity contribution is 7.18. The lowest BCUT2D eigenvalue weighted by Crippen LogP contribution is -2.44. The number of nitrogens with zero attached hydrogens (tertiary/aromatic N) is 2. The first-order valence-electron chi connectivity index (χ1n) is 8.49. The topological polar surface area (TPSA) is 73.2 Å². The maximum Gasteiger partial charge on any atom is 0.306 e. The average Bonchev–Trinajstić information content (AvgIpc) is 3.13. The number of ether oxygens (including phenoxy) is 1. The third kappa shape index (κ3) is 2.56. The van der Waals surface area contributed by atoms with Crippen molar-refractivity contribution in [2.75, 3.05) is 13.1 Å². The van der Waals surface area contributed by atoms with Gasteiger partial charge in [-0.05, 0) is 38.4 Å². The van der Waals surface area contributed by atoms with Crippen molar-refractivity contribution in [3.63, 3.8) is 0 Å². The molecule has 2 aromatic rings. The molecule has 0 radical (unpaired) electrons. The van der Waals surface area contributed by atoms with Gasteiger partial charge in [0.25, 0.3) is 5.56 Å². The summed E-state index contributed by atoms with van der Waals surface area (Å²) < 4.78 is 7.21. The van der Waals surface area contributed by atoms with Crippen LogP contribution >= 0.6 is 11.3 Å². The zero-order chi connectivity index (χ0) is 16.7. The number of thiophene rings is 1. The Morgan fingerprint density at radius 2 is 2.21 bits per heavy atom. The number of fused-ring (bicyclic) bond motifs is 1. The highest BCUT2D eigenvalue weighted by Gasteiger charge is 2.49. The van der Waals surface area contributed by atoms with E-state index in [1.807, 2.05) is 6.07 Å². The Kier molecular flexibility index (Phi) is 3.92. The number of aromatic nitrogens is 2. The summed E-state index contributed by atoms with van der Waals surface area (Å²) in [6, 6.07) is 1.94. The first-order valence-corrected chi connectivity index (χ1v) is 9.31. The van der Waals surface area contributed by atoms with Gasteiger partial charge in [0, 0.05) is 10.3 Å². The number of carbonyl (C=O) groups excluding carboxylic acids is 1. The number of nitrogens with one attached hydrogen (secondary N) is 1. The highest BCUT2D eigenvalue weighted by Crippen LogP contribution is 2.43. The fourth-order valence-electron chi connectivity index (χ4n) is 3.87. The summed E-state index contributed by atoms with van der Waals surface area (Å²) in [5.74, 6) is -0.146. The molecule has 1 N–H and O–H groups in total. The van der Waals surface area contributed by atoms with Gasteiger partial charge in [-0.25, -0.2) is 4.98 Å². The Balaban J connectivity index is 1.66. The van der Waals surface area contributed by atoms with Crippen molar-refractivity contribution < 1.29 is 9.53 Å². The van der Waals surface area contributed by atoms with E-state index in [2.05, 4.69) is 17.2 Å². The molecule has 0 aliphatic carbocycles. The van der Waals surface area contributed by atoms with E-state index in [4.69, 9.17) is 4.74 Å². The first-order chi connectivity index (χ1) is 11.6. The number of rotatable bonds is 3. The summed E-state index contributed by atoms with van der Waals surface area (Å²) in [7, 11) is 0. The molecule has 2 aromatic heterocycles. The van der Waals surface area contributed by atoms with Gasteiger partial charge in [-0.1, -0.05) is 6.92 Å². The third-order valence-electron chi connectivity index (χ3n) is 5.33. The smallest absolute Gasteiger partial charge is 0.306 e. The van der Waals surface area contributed by atoms with Gasteiger partial charge in [0.05, 0.1) is 24.7 Å². The lowest BCUT2D eigenvalue weighted by atomic mass is 9.73. The monoisotopic (exact) mass is 347 g/mol. The molecule has 1 atom stereocenters. The van der Waals surface area contributed by atoms with Crippen LogP contribution in [0.4, 0.5) is 0 Å². The van der Waals surface area contributed by atoms with Crippen LogP contribution in [0.2, 0.25) is 0 Å². The van der Waals surface area contributed by atoms with Gasteiger partial charge in [-0.15, -0.1) is 11.3 Å². The highest BCUT2D eigenvalue weighted by atomic mass is 32.1. The minimum Gasteiger partial charge on any atom is -0.460 e. The Hall–Kier alpha value is -1.73. The van der Waals surface area contributed by atoms with Crippen molar-refractivity contribution >= 4 is 27.5 Å². The van der Waals surface area contributed by atoms with Crippen LogP contribution in [0, 0.1) is 5.41 Å². The fourth-order valence-corrected chi connectivity index (χ4v) is 4.80. The predicted octanol–water partition coefficient (Wildman–Crippen LogP) is 1.71. The van der Waals surface area contributed by atoms with Crippen molar-refractivity contribution in [3.05, 3.63) is 27.6 Å². The molecule has 7 heteroatoms. The largest absolute Gasteiger partial charge is 0.460 e. The minimum absolute atomic E-state index is 0.0389. The molecule has 24 heavy (non-hydrogen) atoms. The van der Waals surface area contributed by atoms with E-state index in [1.165, 1.54) is 0 Å². The normalized spacial score (nSPS) is 23.0. The molecule has 128 valence electrons. The summed E-state index contributed by atoms with van der Waals surface area (Å²) in [5.41, 5.74) is -0.178. The summed E-state index contributed by atoms with van der Waals surface area (Å²) >= 11 is 1.57. The van der Waals surface area contributed by atoms with Crippen molar-refractivity contribution in [3.8, 4) is 0 Å². The molecular formula is C17H21N3O3S. The second-order valence-corrected chi connectivity index (χ2v) is 7.87. The van der Waals surface area contributed by atoms with Gasteiger partial charge in [0.1, 0.15) is 10.9 Å². The maximum absolute atomic E-state index is 12.8. The molecule has 2 fully saturated rings. The van der Waals surface area contributed by atoms with Crippen LogP contribution in [0.3, 0.4) is 0 Å². The predicted molar refractivity (Wildman–Crippen MR) is 92.3 cm³/mol. The number of aryl methyl sites for hydroxylation is 1. The molecule has 1 unspecified atom stereocenters. The molecule has 2 aliphatic rings. The van der Waals surface area contributed by atoms with Gasteiger partial charge in [-0.2, -0.15) is 0 Å². The van der Waals surface area contributed by atoms with Gasteiger partial charge >= 0.3 is 5.97 Å². The molecule has 2 saturated heterocycles.